The van der Waals surface area contributed by atoms with Gasteiger partial charge in [0.2, 0.25) is 5.91 Å². The molecule has 0 heterocycles. The summed E-state index contributed by atoms with van der Waals surface area (Å²) in [5.41, 5.74) is 7.92. The van der Waals surface area contributed by atoms with Gasteiger partial charge in [0.25, 0.3) is 5.34 Å². The lowest BCUT2D eigenvalue weighted by Crippen LogP contribution is -2.38. The molecule has 0 saturated carbocycles. The summed E-state index contributed by atoms with van der Waals surface area (Å²) in [6, 6.07) is 7.99. The van der Waals surface area contributed by atoms with Crippen LogP contribution in [0.4, 0.5) is 0 Å². The predicted molar refractivity (Wildman–Crippen MR) is 107 cm³/mol. The van der Waals surface area contributed by atoms with Crippen molar-refractivity contribution in [1.29, 1.82) is 0 Å². The van der Waals surface area contributed by atoms with Gasteiger partial charge in [0.1, 0.15) is 5.92 Å². The van der Waals surface area contributed by atoms with E-state index in [0.29, 0.717) is 11.5 Å². The Hall–Kier alpha value is -2.04. The van der Waals surface area contributed by atoms with E-state index in [-0.39, 0.29) is 19.3 Å². The molecule has 0 spiro atoms. The smallest absolute Gasteiger partial charge is 0.360 e. The number of carbonyl (C=O) groups is 2. The van der Waals surface area contributed by atoms with Crippen molar-refractivity contribution < 1.29 is 24.4 Å². The van der Waals surface area contributed by atoms with E-state index in [0.717, 1.165) is 12.0 Å². The number of carboxylic acid groups (broad SMARTS) is 1. The molecular formula is C20H29NO5P+. The predicted octanol–water partition coefficient (Wildman–Crippen LogP) is 3.36. The third kappa shape index (κ3) is 7.61. The summed E-state index contributed by atoms with van der Waals surface area (Å²) >= 11 is 0. The van der Waals surface area contributed by atoms with Gasteiger partial charge in [0.15, 0.2) is 0 Å². The Kier molecular flexibility index (Phi) is 8.80. The van der Waals surface area contributed by atoms with E-state index in [1.807, 2.05) is 30.3 Å². The molecule has 0 aliphatic carbocycles. The number of nitrogens with two attached hydrogens (primary N) is 1. The standard InChI is InChI=1S/C20H28NO5P/c1-13(2)10-15-4-6-16(7-5-15)11-14(3)12-20(25,27-26)17(19(23)24)8-9-18(21)22/h4-7,11,13,17,25H,8-10,12H2,1-3H3,(H2,21,22)(H,23,24)/p+1. The van der Waals surface area contributed by atoms with Gasteiger partial charge in [-0.15, -0.1) is 0 Å². The van der Waals surface area contributed by atoms with Crippen LogP contribution in [-0.2, 0) is 20.6 Å². The summed E-state index contributed by atoms with van der Waals surface area (Å²) in [5.74, 6) is -2.73. The first-order valence-corrected chi connectivity index (χ1v) is 9.87. The summed E-state index contributed by atoms with van der Waals surface area (Å²) in [7, 11) is -1.24. The minimum absolute atomic E-state index is 0.0710. The van der Waals surface area contributed by atoms with Gasteiger partial charge < -0.3 is 15.9 Å². The first kappa shape index (κ1) is 23.0. The molecule has 0 saturated heterocycles. The lowest BCUT2D eigenvalue weighted by molar-refractivity contribution is -0.147. The third-order valence-electron chi connectivity index (χ3n) is 4.32. The minimum atomic E-state index is -1.94. The first-order chi connectivity index (χ1) is 12.6. The zero-order valence-corrected chi connectivity index (χ0v) is 17.1. The molecule has 7 heteroatoms. The molecule has 0 aliphatic rings. The van der Waals surface area contributed by atoms with Crippen molar-refractivity contribution in [1.82, 2.24) is 0 Å². The zero-order valence-electron chi connectivity index (χ0n) is 16.1. The van der Waals surface area contributed by atoms with E-state index in [2.05, 4.69) is 13.8 Å². The van der Waals surface area contributed by atoms with Crippen LogP contribution in [0.3, 0.4) is 0 Å². The van der Waals surface area contributed by atoms with Gasteiger partial charge in [-0.05, 0) is 36.8 Å². The highest BCUT2D eigenvalue weighted by Gasteiger charge is 2.49. The van der Waals surface area contributed by atoms with Gasteiger partial charge in [0, 0.05) is 12.8 Å². The van der Waals surface area contributed by atoms with E-state index < -0.39 is 31.6 Å². The molecule has 1 rings (SSSR count). The Morgan fingerprint density at radius 1 is 1.26 bits per heavy atom. The van der Waals surface area contributed by atoms with E-state index in [1.165, 1.54) is 5.56 Å². The summed E-state index contributed by atoms with van der Waals surface area (Å²) in [5, 5.41) is 18.1. The van der Waals surface area contributed by atoms with Crippen molar-refractivity contribution in [3.63, 3.8) is 0 Å². The molecule has 0 fully saturated rings. The molecule has 0 bridgehead atoms. The topological polar surface area (TPSA) is 118 Å². The Bertz CT molecular complexity index is 699. The number of amides is 1. The minimum Gasteiger partial charge on any atom is -0.481 e. The van der Waals surface area contributed by atoms with Crippen molar-refractivity contribution in [2.45, 2.75) is 51.8 Å². The number of primary amides is 1. The average Bonchev–Trinajstić information content (AvgIpc) is 2.55. The third-order valence-corrected chi connectivity index (χ3v) is 5.19. The van der Waals surface area contributed by atoms with Gasteiger partial charge in [-0.3, -0.25) is 9.59 Å². The summed E-state index contributed by atoms with van der Waals surface area (Å²) in [6.45, 7) is 6.05. The maximum absolute atomic E-state index is 11.6. The number of rotatable bonds is 11. The van der Waals surface area contributed by atoms with Crippen LogP contribution in [0.25, 0.3) is 6.08 Å². The van der Waals surface area contributed by atoms with Crippen LogP contribution >= 0.6 is 8.46 Å². The normalized spacial score (nSPS) is 15.5. The summed E-state index contributed by atoms with van der Waals surface area (Å²) < 4.78 is 11.6. The van der Waals surface area contributed by atoms with Crippen molar-refractivity contribution in [2.24, 2.45) is 17.6 Å². The maximum Gasteiger partial charge on any atom is 0.360 e. The number of benzene rings is 1. The maximum atomic E-state index is 11.6. The van der Waals surface area contributed by atoms with Gasteiger partial charge in [-0.2, -0.15) is 0 Å². The lowest BCUT2D eigenvalue weighted by Gasteiger charge is -2.22. The largest absolute Gasteiger partial charge is 0.481 e. The average molecular weight is 394 g/mol. The molecule has 1 aromatic carbocycles. The van der Waals surface area contributed by atoms with E-state index >= 15 is 0 Å². The molecular weight excluding hydrogens is 365 g/mol. The molecule has 27 heavy (non-hydrogen) atoms. The molecule has 0 aromatic heterocycles. The van der Waals surface area contributed by atoms with E-state index in [9.17, 15) is 24.4 Å². The summed E-state index contributed by atoms with van der Waals surface area (Å²) in [6.07, 6.45) is 2.40. The SMILES string of the molecule is CC(=Cc1ccc(CC(C)C)cc1)CC(O)([PH+]=O)C(CCC(N)=O)C(=O)O. The van der Waals surface area contributed by atoms with Crippen LogP contribution in [0.1, 0.15) is 51.2 Å². The van der Waals surface area contributed by atoms with Crippen LogP contribution in [0.2, 0.25) is 0 Å². The van der Waals surface area contributed by atoms with Crippen molar-refractivity contribution in [3.8, 4) is 0 Å². The number of carbonyl (C=O) groups excluding carboxylic acids is 1. The highest BCUT2D eigenvalue weighted by molar-refractivity contribution is 7.25. The van der Waals surface area contributed by atoms with E-state index in [1.54, 1.807) is 6.92 Å². The second-order valence-corrected chi connectivity index (χ2v) is 8.50. The molecule has 3 atom stereocenters. The van der Waals surface area contributed by atoms with Crippen molar-refractivity contribution in [2.75, 3.05) is 0 Å². The van der Waals surface area contributed by atoms with Gasteiger partial charge in [-0.1, -0.05) is 54.3 Å². The van der Waals surface area contributed by atoms with Gasteiger partial charge in [-0.25, -0.2) is 0 Å². The second kappa shape index (κ2) is 10.3. The Balaban J connectivity index is 2.95. The zero-order chi connectivity index (χ0) is 20.6. The molecule has 4 N–H and O–H groups in total. The number of carboxylic acids is 1. The fourth-order valence-electron chi connectivity index (χ4n) is 3.07. The fourth-order valence-corrected chi connectivity index (χ4v) is 3.83. The van der Waals surface area contributed by atoms with Crippen molar-refractivity contribution >= 4 is 26.4 Å². The molecule has 148 valence electrons. The van der Waals surface area contributed by atoms with Crippen LogP contribution in [0, 0.1) is 11.8 Å². The van der Waals surface area contributed by atoms with Gasteiger partial charge >= 0.3 is 14.4 Å². The number of aliphatic hydroxyl groups is 1. The quantitative estimate of drug-likeness (QED) is 0.498. The number of aliphatic carboxylic acids is 1. The second-order valence-electron chi connectivity index (χ2n) is 7.43. The number of hydrogen-bond donors (Lipinski definition) is 3. The molecule has 1 amide bonds. The molecule has 0 aliphatic heterocycles. The van der Waals surface area contributed by atoms with E-state index in [4.69, 9.17) is 5.73 Å². The van der Waals surface area contributed by atoms with Crippen LogP contribution < -0.4 is 5.73 Å². The highest BCUT2D eigenvalue weighted by Crippen LogP contribution is 2.38. The monoisotopic (exact) mass is 394 g/mol. The first-order valence-electron chi connectivity index (χ1n) is 8.96. The van der Waals surface area contributed by atoms with Crippen LogP contribution in [0.5, 0.6) is 0 Å². The number of hydrogen-bond acceptors (Lipinski definition) is 4. The van der Waals surface area contributed by atoms with Gasteiger partial charge in [0.05, 0.1) is 0 Å². The highest BCUT2D eigenvalue weighted by atomic mass is 31.1. The fraction of sp³-hybridized carbons (Fsp3) is 0.500. The van der Waals surface area contributed by atoms with Crippen LogP contribution in [-0.4, -0.2) is 27.4 Å². The Morgan fingerprint density at radius 3 is 2.30 bits per heavy atom. The molecule has 0 radical (unpaired) electrons. The molecule has 3 unspecified atom stereocenters. The lowest BCUT2D eigenvalue weighted by atomic mass is 9.90. The molecule has 1 aromatic rings. The van der Waals surface area contributed by atoms with Crippen LogP contribution in [0.15, 0.2) is 29.8 Å². The Labute approximate surface area is 161 Å². The van der Waals surface area contributed by atoms with Crippen molar-refractivity contribution in [3.05, 3.63) is 41.0 Å². The summed E-state index contributed by atoms with van der Waals surface area (Å²) in [4.78, 5) is 22.5. The Morgan fingerprint density at radius 2 is 1.85 bits per heavy atom. The molecule has 6 nitrogen and oxygen atoms in total.